The molecule has 0 aliphatic heterocycles. The molecule has 22 heavy (non-hydrogen) atoms. The van der Waals surface area contributed by atoms with E-state index in [-0.39, 0.29) is 11.9 Å². The number of ether oxygens (including phenoxy) is 1. The summed E-state index contributed by atoms with van der Waals surface area (Å²) >= 11 is 0. The lowest BCUT2D eigenvalue weighted by atomic mass is 10.1. The van der Waals surface area contributed by atoms with Crippen LogP contribution in [0, 0.1) is 12.7 Å². The zero-order valence-corrected chi connectivity index (χ0v) is 12.7. The Morgan fingerprint density at radius 1 is 1.32 bits per heavy atom. The molecule has 1 atom stereocenters. The maximum Gasteiger partial charge on any atom is 0.152 e. The number of halogens is 1. The number of nitrogens with zero attached hydrogens (tertiary/aromatic N) is 3. The van der Waals surface area contributed by atoms with Gasteiger partial charge in [0, 0.05) is 18.0 Å². The van der Waals surface area contributed by atoms with Crippen LogP contribution < -0.4 is 10.1 Å². The van der Waals surface area contributed by atoms with Gasteiger partial charge in [-0.3, -0.25) is 0 Å². The van der Waals surface area contributed by atoms with Crippen LogP contribution in [0.15, 0.2) is 36.7 Å². The van der Waals surface area contributed by atoms with Gasteiger partial charge in [-0.2, -0.15) is 5.10 Å². The highest BCUT2D eigenvalue weighted by Gasteiger charge is 2.15. The fourth-order valence-corrected chi connectivity index (χ4v) is 2.48. The highest BCUT2D eigenvalue weighted by molar-refractivity contribution is 5.68. The van der Waals surface area contributed by atoms with Gasteiger partial charge in [-0.05, 0) is 38.1 Å². The van der Waals surface area contributed by atoms with E-state index in [2.05, 4.69) is 15.4 Å². The molecule has 1 aromatic carbocycles. The Kier molecular flexibility index (Phi) is 3.66. The van der Waals surface area contributed by atoms with Gasteiger partial charge in [-0.1, -0.05) is 0 Å². The molecule has 5 nitrogen and oxygen atoms in total. The predicted molar refractivity (Wildman–Crippen MR) is 82.7 cm³/mol. The molecule has 0 spiro atoms. The van der Waals surface area contributed by atoms with Crippen LogP contribution in [0.5, 0.6) is 5.75 Å². The summed E-state index contributed by atoms with van der Waals surface area (Å²) in [5.74, 6) is 1.04. The fourth-order valence-electron chi connectivity index (χ4n) is 2.48. The second kappa shape index (κ2) is 5.63. The van der Waals surface area contributed by atoms with E-state index < -0.39 is 0 Å². The van der Waals surface area contributed by atoms with Crippen molar-refractivity contribution in [3.05, 3.63) is 53.7 Å². The topological polar surface area (TPSA) is 51.5 Å². The molecule has 0 bridgehead atoms. The number of anilines is 1. The monoisotopic (exact) mass is 300 g/mol. The second-order valence-electron chi connectivity index (χ2n) is 5.14. The van der Waals surface area contributed by atoms with E-state index in [1.807, 2.05) is 19.9 Å². The van der Waals surface area contributed by atoms with Crippen molar-refractivity contribution >= 4 is 11.3 Å². The number of benzene rings is 1. The Labute approximate surface area is 127 Å². The Morgan fingerprint density at radius 2 is 2.14 bits per heavy atom. The van der Waals surface area contributed by atoms with Crippen molar-refractivity contribution in [1.29, 1.82) is 0 Å². The first-order chi connectivity index (χ1) is 10.6. The largest absolute Gasteiger partial charge is 0.496 e. The Morgan fingerprint density at radius 3 is 2.91 bits per heavy atom. The fraction of sp³-hybridized carbons (Fsp3) is 0.250. The SMILES string of the molecule is COc1ccc(F)cc1C(C)Nc1nccn2nc(C)cc12. The average molecular weight is 300 g/mol. The van der Waals surface area contributed by atoms with Crippen LogP contribution >= 0.6 is 0 Å². The van der Waals surface area contributed by atoms with Gasteiger partial charge in [0.2, 0.25) is 0 Å². The van der Waals surface area contributed by atoms with Crippen molar-refractivity contribution in [1.82, 2.24) is 14.6 Å². The first-order valence-electron chi connectivity index (χ1n) is 6.99. The van der Waals surface area contributed by atoms with E-state index in [0.29, 0.717) is 11.6 Å². The third-order valence-corrected chi connectivity index (χ3v) is 3.52. The van der Waals surface area contributed by atoms with Crippen LogP contribution in [-0.4, -0.2) is 21.7 Å². The Bertz CT molecular complexity index is 815. The second-order valence-corrected chi connectivity index (χ2v) is 5.14. The average Bonchev–Trinajstić information content (AvgIpc) is 2.88. The van der Waals surface area contributed by atoms with Gasteiger partial charge >= 0.3 is 0 Å². The van der Waals surface area contributed by atoms with E-state index in [9.17, 15) is 4.39 Å². The highest BCUT2D eigenvalue weighted by atomic mass is 19.1. The molecular formula is C16H17FN4O. The number of hydrogen-bond donors (Lipinski definition) is 1. The van der Waals surface area contributed by atoms with Crippen molar-refractivity contribution in [2.24, 2.45) is 0 Å². The highest BCUT2D eigenvalue weighted by Crippen LogP contribution is 2.29. The van der Waals surface area contributed by atoms with E-state index >= 15 is 0 Å². The predicted octanol–water partition coefficient (Wildman–Crippen LogP) is 3.36. The molecule has 114 valence electrons. The van der Waals surface area contributed by atoms with Crippen molar-refractivity contribution in [3.8, 4) is 5.75 Å². The number of methoxy groups -OCH3 is 1. The van der Waals surface area contributed by atoms with Gasteiger partial charge in [0.15, 0.2) is 5.82 Å². The zero-order valence-electron chi connectivity index (χ0n) is 12.7. The van der Waals surface area contributed by atoms with Crippen molar-refractivity contribution in [2.45, 2.75) is 19.9 Å². The van der Waals surface area contributed by atoms with Gasteiger partial charge in [0.25, 0.3) is 0 Å². The summed E-state index contributed by atoms with van der Waals surface area (Å²) in [6, 6.07) is 6.26. The minimum atomic E-state index is -0.296. The Balaban J connectivity index is 1.96. The molecule has 0 radical (unpaired) electrons. The first-order valence-corrected chi connectivity index (χ1v) is 6.99. The van der Waals surface area contributed by atoms with Crippen LogP contribution in [0.4, 0.5) is 10.2 Å². The molecule has 0 fully saturated rings. The normalized spacial score (nSPS) is 12.4. The van der Waals surface area contributed by atoms with Crippen LogP contribution in [0.25, 0.3) is 5.52 Å². The summed E-state index contributed by atoms with van der Waals surface area (Å²) in [5, 5.41) is 7.65. The molecular weight excluding hydrogens is 283 g/mol. The number of fused-ring (bicyclic) bond motifs is 1. The minimum absolute atomic E-state index is 0.167. The summed E-state index contributed by atoms with van der Waals surface area (Å²) in [7, 11) is 1.57. The molecule has 1 unspecified atom stereocenters. The van der Waals surface area contributed by atoms with E-state index in [0.717, 1.165) is 16.8 Å². The molecule has 0 saturated heterocycles. The third-order valence-electron chi connectivity index (χ3n) is 3.52. The van der Waals surface area contributed by atoms with Crippen LogP contribution in [0.2, 0.25) is 0 Å². The lowest BCUT2D eigenvalue weighted by molar-refractivity contribution is 0.406. The standard InChI is InChI=1S/C16H17FN4O/c1-10-8-14-16(18-6-7-21(14)20-10)19-11(2)13-9-12(17)4-5-15(13)22-3/h4-9,11H,1-3H3,(H,18,19). The molecule has 2 aromatic heterocycles. The van der Waals surface area contributed by atoms with E-state index in [4.69, 9.17) is 4.74 Å². The maximum absolute atomic E-state index is 13.5. The van der Waals surface area contributed by atoms with Gasteiger partial charge < -0.3 is 10.1 Å². The molecule has 0 aliphatic rings. The number of aromatic nitrogens is 3. The molecule has 3 rings (SSSR count). The maximum atomic E-state index is 13.5. The lowest BCUT2D eigenvalue weighted by Gasteiger charge is -2.18. The van der Waals surface area contributed by atoms with Crippen LogP contribution in [0.3, 0.4) is 0 Å². The van der Waals surface area contributed by atoms with Crippen LogP contribution in [0.1, 0.15) is 24.2 Å². The quantitative estimate of drug-likeness (QED) is 0.802. The molecule has 0 amide bonds. The smallest absolute Gasteiger partial charge is 0.152 e. The number of nitrogens with one attached hydrogen (secondary N) is 1. The Hall–Kier alpha value is -2.63. The minimum Gasteiger partial charge on any atom is -0.496 e. The summed E-state index contributed by atoms with van der Waals surface area (Å²) in [6.07, 6.45) is 3.47. The van der Waals surface area contributed by atoms with E-state index in [1.54, 1.807) is 30.1 Å². The van der Waals surface area contributed by atoms with Crippen LogP contribution in [-0.2, 0) is 0 Å². The molecule has 6 heteroatoms. The molecule has 0 aliphatic carbocycles. The molecule has 0 saturated carbocycles. The van der Waals surface area contributed by atoms with Crippen molar-refractivity contribution < 1.29 is 9.13 Å². The summed E-state index contributed by atoms with van der Waals surface area (Å²) in [4.78, 5) is 4.36. The third kappa shape index (κ3) is 2.59. The molecule has 2 heterocycles. The van der Waals surface area contributed by atoms with E-state index in [1.165, 1.54) is 12.1 Å². The van der Waals surface area contributed by atoms with Gasteiger partial charge in [0.05, 0.1) is 18.8 Å². The van der Waals surface area contributed by atoms with Crippen molar-refractivity contribution in [3.63, 3.8) is 0 Å². The van der Waals surface area contributed by atoms with Crippen molar-refractivity contribution in [2.75, 3.05) is 12.4 Å². The van der Waals surface area contributed by atoms with Gasteiger partial charge in [-0.15, -0.1) is 0 Å². The van der Waals surface area contributed by atoms with Gasteiger partial charge in [0.1, 0.15) is 17.1 Å². The number of hydrogen-bond acceptors (Lipinski definition) is 4. The summed E-state index contributed by atoms with van der Waals surface area (Å²) in [5.41, 5.74) is 2.52. The van der Waals surface area contributed by atoms with Gasteiger partial charge in [-0.25, -0.2) is 13.9 Å². The summed E-state index contributed by atoms with van der Waals surface area (Å²) < 4.78 is 20.6. The molecule has 1 N–H and O–H groups in total. The first kappa shape index (κ1) is 14.3. The number of aryl methyl sites for hydroxylation is 1. The summed E-state index contributed by atoms with van der Waals surface area (Å²) in [6.45, 7) is 3.86. The molecule has 3 aromatic rings. The lowest BCUT2D eigenvalue weighted by Crippen LogP contribution is -2.10. The zero-order chi connectivity index (χ0) is 15.7. The number of rotatable bonds is 4.